The van der Waals surface area contributed by atoms with E-state index in [1.807, 2.05) is 46.8 Å². The fourth-order valence-electron chi connectivity index (χ4n) is 1.69. The molecule has 1 unspecified atom stereocenters. The number of aromatic nitrogens is 1. The molecule has 1 aromatic heterocycles. The number of hydrogen-bond donors (Lipinski definition) is 2. The van der Waals surface area contributed by atoms with E-state index in [0.29, 0.717) is 6.54 Å². The molecule has 0 aliphatic heterocycles. The molecule has 0 radical (unpaired) electrons. The van der Waals surface area contributed by atoms with Gasteiger partial charge in [-0.25, -0.2) is 0 Å². The van der Waals surface area contributed by atoms with Crippen LogP contribution in [0.2, 0.25) is 0 Å². The molecule has 2 amide bonds. The van der Waals surface area contributed by atoms with Gasteiger partial charge in [0.1, 0.15) is 6.04 Å². The Morgan fingerprint density at radius 1 is 1.29 bits per heavy atom. The van der Waals surface area contributed by atoms with E-state index in [1.165, 1.54) is 0 Å². The first-order valence-corrected chi connectivity index (χ1v) is 7.19. The summed E-state index contributed by atoms with van der Waals surface area (Å²) < 4.78 is 0. The SMILES string of the molecule is CC(C)C(NC(=O)C(C)(C)C)C(=O)NCc1cccnc1. The van der Waals surface area contributed by atoms with Crippen molar-refractivity contribution in [3.8, 4) is 0 Å². The second-order valence-corrected chi connectivity index (χ2v) is 6.52. The molecule has 0 fully saturated rings. The highest BCUT2D eigenvalue weighted by Gasteiger charge is 2.29. The van der Waals surface area contributed by atoms with Crippen LogP contribution in [0.4, 0.5) is 0 Å². The highest BCUT2D eigenvalue weighted by atomic mass is 16.2. The molecular weight excluding hydrogens is 266 g/mol. The van der Waals surface area contributed by atoms with Crippen LogP contribution in [-0.2, 0) is 16.1 Å². The van der Waals surface area contributed by atoms with Gasteiger partial charge in [0.15, 0.2) is 0 Å². The molecule has 5 heteroatoms. The zero-order valence-corrected chi connectivity index (χ0v) is 13.4. The van der Waals surface area contributed by atoms with Gasteiger partial charge >= 0.3 is 0 Å². The maximum absolute atomic E-state index is 12.3. The third-order valence-corrected chi connectivity index (χ3v) is 3.11. The number of nitrogens with zero attached hydrogens (tertiary/aromatic N) is 1. The van der Waals surface area contributed by atoms with Crippen LogP contribution in [-0.4, -0.2) is 22.8 Å². The topological polar surface area (TPSA) is 71.1 Å². The van der Waals surface area contributed by atoms with Gasteiger partial charge in [0.2, 0.25) is 11.8 Å². The van der Waals surface area contributed by atoms with Crippen LogP contribution in [0.15, 0.2) is 24.5 Å². The Morgan fingerprint density at radius 3 is 2.43 bits per heavy atom. The van der Waals surface area contributed by atoms with Gasteiger partial charge in [0.25, 0.3) is 0 Å². The van der Waals surface area contributed by atoms with Crippen LogP contribution in [0.3, 0.4) is 0 Å². The summed E-state index contributed by atoms with van der Waals surface area (Å²) in [5.41, 5.74) is 0.409. The number of rotatable bonds is 5. The lowest BCUT2D eigenvalue weighted by molar-refractivity contribution is -0.134. The van der Waals surface area contributed by atoms with E-state index in [0.717, 1.165) is 5.56 Å². The fourth-order valence-corrected chi connectivity index (χ4v) is 1.69. The van der Waals surface area contributed by atoms with Gasteiger partial charge in [0.05, 0.1) is 0 Å². The highest BCUT2D eigenvalue weighted by molar-refractivity contribution is 5.89. The molecule has 1 heterocycles. The van der Waals surface area contributed by atoms with Crippen LogP contribution >= 0.6 is 0 Å². The first-order valence-electron chi connectivity index (χ1n) is 7.19. The molecule has 0 aliphatic rings. The van der Waals surface area contributed by atoms with Crippen molar-refractivity contribution in [2.45, 2.75) is 47.2 Å². The molecule has 2 N–H and O–H groups in total. The largest absolute Gasteiger partial charge is 0.350 e. The maximum atomic E-state index is 12.3. The minimum absolute atomic E-state index is 0.0187. The van der Waals surface area contributed by atoms with Gasteiger partial charge in [-0.1, -0.05) is 40.7 Å². The molecule has 0 saturated carbocycles. The van der Waals surface area contributed by atoms with Crippen molar-refractivity contribution in [3.05, 3.63) is 30.1 Å². The Labute approximate surface area is 126 Å². The molecule has 116 valence electrons. The number of carbonyl (C=O) groups is 2. The third-order valence-electron chi connectivity index (χ3n) is 3.11. The Balaban J connectivity index is 2.64. The van der Waals surface area contributed by atoms with Crippen LogP contribution in [0.25, 0.3) is 0 Å². The maximum Gasteiger partial charge on any atom is 0.243 e. The summed E-state index contributed by atoms with van der Waals surface area (Å²) in [6, 6.07) is 3.18. The monoisotopic (exact) mass is 291 g/mol. The first kappa shape index (κ1) is 17.1. The quantitative estimate of drug-likeness (QED) is 0.870. The van der Waals surface area contributed by atoms with Crippen molar-refractivity contribution in [2.24, 2.45) is 11.3 Å². The predicted molar refractivity (Wildman–Crippen MR) is 82.3 cm³/mol. The van der Waals surface area contributed by atoms with E-state index >= 15 is 0 Å². The van der Waals surface area contributed by atoms with Crippen LogP contribution in [0, 0.1) is 11.3 Å². The van der Waals surface area contributed by atoms with E-state index in [9.17, 15) is 9.59 Å². The van der Waals surface area contributed by atoms with Crippen LogP contribution < -0.4 is 10.6 Å². The summed E-state index contributed by atoms with van der Waals surface area (Å²) in [6.07, 6.45) is 3.39. The van der Waals surface area contributed by atoms with E-state index in [1.54, 1.807) is 12.4 Å². The zero-order chi connectivity index (χ0) is 16.0. The van der Waals surface area contributed by atoms with E-state index in [2.05, 4.69) is 15.6 Å². The molecule has 5 nitrogen and oxygen atoms in total. The Kier molecular flexibility index (Phi) is 5.88. The summed E-state index contributed by atoms with van der Waals surface area (Å²) in [4.78, 5) is 28.3. The van der Waals surface area contributed by atoms with Crippen LogP contribution in [0.5, 0.6) is 0 Å². The van der Waals surface area contributed by atoms with E-state index in [4.69, 9.17) is 0 Å². The van der Waals surface area contributed by atoms with Gasteiger partial charge < -0.3 is 10.6 Å². The summed E-state index contributed by atoms with van der Waals surface area (Å²) in [7, 11) is 0. The summed E-state index contributed by atoms with van der Waals surface area (Å²) >= 11 is 0. The van der Waals surface area contributed by atoms with Crippen molar-refractivity contribution >= 4 is 11.8 Å². The molecule has 1 atom stereocenters. The zero-order valence-electron chi connectivity index (χ0n) is 13.4. The van der Waals surface area contributed by atoms with Crippen molar-refractivity contribution in [1.82, 2.24) is 15.6 Å². The van der Waals surface area contributed by atoms with Gasteiger partial charge in [-0.3, -0.25) is 14.6 Å². The molecule has 21 heavy (non-hydrogen) atoms. The van der Waals surface area contributed by atoms with Gasteiger partial charge in [0, 0.05) is 24.4 Å². The number of carbonyl (C=O) groups excluding carboxylic acids is 2. The Bertz CT molecular complexity index is 478. The highest BCUT2D eigenvalue weighted by Crippen LogP contribution is 2.14. The van der Waals surface area contributed by atoms with Gasteiger partial charge in [-0.05, 0) is 17.5 Å². The first-order chi connectivity index (χ1) is 9.71. The van der Waals surface area contributed by atoms with Gasteiger partial charge in [-0.15, -0.1) is 0 Å². The molecule has 0 aliphatic carbocycles. The Hall–Kier alpha value is -1.91. The fraction of sp³-hybridized carbons (Fsp3) is 0.562. The van der Waals surface area contributed by atoms with E-state index in [-0.39, 0.29) is 17.7 Å². The number of pyridine rings is 1. The predicted octanol–water partition coefficient (Wildman–Crippen LogP) is 1.88. The summed E-state index contributed by atoms with van der Waals surface area (Å²) in [5.74, 6) is -0.283. The molecule has 0 spiro atoms. The second-order valence-electron chi connectivity index (χ2n) is 6.52. The third kappa shape index (κ3) is 5.53. The average Bonchev–Trinajstić information content (AvgIpc) is 2.41. The van der Waals surface area contributed by atoms with Crippen molar-refractivity contribution in [1.29, 1.82) is 0 Å². The van der Waals surface area contributed by atoms with Crippen molar-refractivity contribution < 1.29 is 9.59 Å². The second kappa shape index (κ2) is 7.20. The minimum Gasteiger partial charge on any atom is -0.350 e. The smallest absolute Gasteiger partial charge is 0.243 e. The lowest BCUT2D eigenvalue weighted by Gasteiger charge is -2.26. The summed E-state index contributed by atoms with van der Waals surface area (Å²) in [5, 5.41) is 5.67. The van der Waals surface area contributed by atoms with E-state index < -0.39 is 11.5 Å². The Morgan fingerprint density at radius 2 is 1.95 bits per heavy atom. The standard InChI is InChI=1S/C16H25N3O2/c1-11(2)13(19-15(21)16(3,4)5)14(20)18-10-12-7-6-8-17-9-12/h6-9,11,13H,10H2,1-5H3,(H,18,20)(H,19,21). The lowest BCUT2D eigenvalue weighted by atomic mass is 9.93. The number of nitrogens with one attached hydrogen (secondary N) is 2. The molecule has 1 aromatic rings. The molecular formula is C16H25N3O2. The summed E-state index contributed by atoms with van der Waals surface area (Å²) in [6.45, 7) is 9.71. The molecule has 0 bridgehead atoms. The lowest BCUT2D eigenvalue weighted by Crippen LogP contribution is -2.52. The van der Waals surface area contributed by atoms with Crippen molar-refractivity contribution in [2.75, 3.05) is 0 Å². The minimum atomic E-state index is -0.534. The molecule has 1 rings (SSSR count). The number of amides is 2. The molecule has 0 aromatic carbocycles. The average molecular weight is 291 g/mol. The van der Waals surface area contributed by atoms with Gasteiger partial charge in [-0.2, -0.15) is 0 Å². The van der Waals surface area contributed by atoms with Crippen molar-refractivity contribution in [3.63, 3.8) is 0 Å². The number of hydrogen-bond acceptors (Lipinski definition) is 3. The normalized spacial score (nSPS) is 12.9. The van der Waals surface area contributed by atoms with Crippen LogP contribution in [0.1, 0.15) is 40.2 Å². The molecule has 0 saturated heterocycles.